The molecule has 2 aromatic rings. The van der Waals surface area contributed by atoms with Crippen molar-refractivity contribution in [2.45, 2.75) is 13.5 Å². The van der Waals surface area contributed by atoms with Gasteiger partial charge in [-0.15, -0.1) is 0 Å². The smallest absolute Gasteiger partial charge is 0.228 e. The van der Waals surface area contributed by atoms with Gasteiger partial charge in [0, 0.05) is 18.2 Å². The highest BCUT2D eigenvalue weighted by Crippen LogP contribution is 2.13. The normalized spacial score (nSPS) is 11.8. The first-order valence-corrected chi connectivity index (χ1v) is 8.49. The lowest BCUT2D eigenvalue weighted by Gasteiger charge is -2.12. The van der Waals surface area contributed by atoms with Crippen molar-refractivity contribution < 1.29 is 14.3 Å². The van der Waals surface area contributed by atoms with E-state index in [0.29, 0.717) is 26.4 Å². The Morgan fingerprint density at radius 2 is 1.88 bits per heavy atom. The van der Waals surface area contributed by atoms with Crippen molar-refractivity contribution in [3.8, 4) is 5.75 Å². The zero-order chi connectivity index (χ0) is 17.9. The predicted molar refractivity (Wildman–Crippen MR) is 99.8 cm³/mol. The number of nitrogens with one attached hydrogen (secondary N) is 2. The number of rotatable bonds is 10. The summed E-state index contributed by atoms with van der Waals surface area (Å²) in [6.45, 7) is 4.03. The fourth-order valence-electron chi connectivity index (χ4n) is 2.33. The molecule has 2 N–H and O–H groups in total. The van der Waals surface area contributed by atoms with Crippen molar-refractivity contribution in [2.75, 3.05) is 32.1 Å². The van der Waals surface area contributed by atoms with Gasteiger partial charge in [0.15, 0.2) is 0 Å². The third kappa shape index (κ3) is 6.95. The summed E-state index contributed by atoms with van der Waals surface area (Å²) < 4.78 is 11.2. The molecule has 1 amide bonds. The Balaban J connectivity index is 1.72. The molecule has 0 fully saturated rings. The Morgan fingerprint density at radius 1 is 1.08 bits per heavy atom. The molecule has 1 atom stereocenters. The van der Waals surface area contributed by atoms with Crippen LogP contribution in [-0.4, -0.2) is 32.7 Å². The number of hydrogen-bond acceptors (Lipinski definition) is 4. The topological polar surface area (TPSA) is 59.6 Å². The molecular formula is C20H26N2O3. The van der Waals surface area contributed by atoms with Crippen LogP contribution >= 0.6 is 0 Å². The molecule has 0 heterocycles. The van der Waals surface area contributed by atoms with E-state index in [1.165, 1.54) is 0 Å². The fourth-order valence-corrected chi connectivity index (χ4v) is 2.33. The van der Waals surface area contributed by atoms with Gasteiger partial charge in [-0.3, -0.25) is 4.79 Å². The van der Waals surface area contributed by atoms with Crippen molar-refractivity contribution >= 4 is 11.6 Å². The van der Waals surface area contributed by atoms with E-state index in [0.717, 1.165) is 17.0 Å². The molecule has 0 saturated carbocycles. The molecular weight excluding hydrogens is 316 g/mol. The Kier molecular flexibility index (Phi) is 7.95. The van der Waals surface area contributed by atoms with E-state index in [1.54, 1.807) is 0 Å². The minimum Gasteiger partial charge on any atom is -0.491 e. The van der Waals surface area contributed by atoms with Gasteiger partial charge in [-0.25, -0.2) is 0 Å². The van der Waals surface area contributed by atoms with Crippen LogP contribution in [-0.2, 0) is 16.1 Å². The largest absolute Gasteiger partial charge is 0.491 e. The summed E-state index contributed by atoms with van der Waals surface area (Å²) in [6.07, 6.45) is 0. The number of carbonyl (C=O) groups excluding carboxylic acids is 1. The summed E-state index contributed by atoms with van der Waals surface area (Å²) in [6, 6.07) is 17.4. The maximum atomic E-state index is 12.0. The third-order valence-electron chi connectivity index (χ3n) is 3.66. The number of ether oxygens (including phenoxy) is 2. The van der Waals surface area contributed by atoms with Crippen LogP contribution in [0.25, 0.3) is 0 Å². The SMILES string of the molecule is CNCC(C)C(=O)Nc1cccc(COCCOc2ccccc2)c1. The number of carbonyl (C=O) groups is 1. The molecule has 2 rings (SSSR count). The van der Waals surface area contributed by atoms with E-state index in [2.05, 4.69) is 10.6 Å². The van der Waals surface area contributed by atoms with Crippen molar-refractivity contribution in [2.24, 2.45) is 5.92 Å². The lowest BCUT2D eigenvalue weighted by molar-refractivity contribution is -0.119. The van der Waals surface area contributed by atoms with Crippen molar-refractivity contribution in [3.05, 3.63) is 60.2 Å². The first-order valence-electron chi connectivity index (χ1n) is 8.49. The summed E-state index contributed by atoms with van der Waals surface area (Å²) >= 11 is 0. The van der Waals surface area contributed by atoms with Crippen LogP contribution < -0.4 is 15.4 Å². The van der Waals surface area contributed by atoms with Gasteiger partial charge in [-0.2, -0.15) is 0 Å². The zero-order valence-electron chi connectivity index (χ0n) is 14.8. The Bertz CT molecular complexity index is 646. The molecule has 0 radical (unpaired) electrons. The number of para-hydroxylation sites is 1. The molecule has 0 aromatic heterocycles. The highest BCUT2D eigenvalue weighted by molar-refractivity contribution is 5.92. The van der Waals surface area contributed by atoms with Crippen molar-refractivity contribution in [1.29, 1.82) is 0 Å². The van der Waals surface area contributed by atoms with E-state index in [1.807, 2.05) is 68.6 Å². The van der Waals surface area contributed by atoms with Crippen LogP contribution in [0.5, 0.6) is 5.75 Å². The van der Waals surface area contributed by atoms with E-state index >= 15 is 0 Å². The van der Waals surface area contributed by atoms with Gasteiger partial charge in [0.25, 0.3) is 0 Å². The van der Waals surface area contributed by atoms with Crippen molar-refractivity contribution in [3.63, 3.8) is 0 Å². The summed E-state index contributed by atoms with van der Waals surface area (Å²) in [5.41, 5.74) is 1.80. The third-order valence-corrected chi connectivity index (χ3v) is 3.66. The maximum Gasteiger partial charge on any atom is 0.228 e. The second kappa shape index (κ2) is 10.5. The van der Waals surface area contributed by atoms with Crippen LogP contribution in [0.15, 0.2) is 54.6 Å². The van der Waals surface area contributed by atoms with Crippen LogP contribution in [0.3, 0.4) is 0 Å². The molecule has 0 saturated heterocycles. The quantitative estimate of drug-likeness (QED) is 0.652. The van der Waals surface area contributed by atoms with Gasteiger partial charge in [0.05, 0.1) is 13.2 Å². The molecule has 0 aliphatic heterocycles. The van der Waals surface area contributed by atoms with Gasteiger partial charge in [-0.1, -0.05) is 37.3 Å². The second-order valence-electron chi connectivity index (χ2n) is 5.86. The number of anilines is 1. The van der Waals surface area contributed by atoms with E-state index in [-0.39, 0.29) is 11.8 Å². The minimum absolute atomic E-state index is 0.00341. The van der Waals surface area contributed by atoms with Crippen LogP contribution in [0.4, 0.5) is 5.69 Å². The average Bonchev–Trinajstić information content (AvgIpc) is 2.63. The average molecular weight is 342 g/mol. The maximum absolute atomic E-state index is 12.0. The summed E-state index contributed by atoms with van der Waals surface area (Å²) in [4.78, 5) is 12.0. The Hall–Kier alpha value is -2.37. The molecule has 1 unspecified atom stereocenters. The standard InChI is InChI=1S/C20H26N2O3/c1-16(14-21-2)20(23)22-18-8-6-7-17(13-18)15-24-11-12-25-19-9-4-3-5-10-19/h3-10,13,16,21H,11-12,14-15H2,1-2H3,(H,22,23). The van der Waals surface area contributed by atoms with Crippen LogP contribution in [0.1, 0.15) is 12.5 Å². The van der Waals surface area contributed by atoms with Gasteiger partial charge < -0.3 is 20.1 Å². The fraction of sp³-hybridized carbons (Fsp3) is 0.350. The molecule has 2 aromatic carbocycles. The summed E-state index contributed by atoms with van der Waals surface area (Å²) in [7, 11) is 1.84. The van der Waals surface area contributed by atoms with Gasteiger partial charge in [-0.05, 0) is 36.9 Å². The second-order valence-corrected chi connectivity index (χ2v) is 5.86. The van der Waals surface area contributed by atoms with Gasteiger partial charge in [0.1, 0.15) is 12.4 Å². The first kappa shape index (κ1) is 19.0. The molecule has 5 heteroatoms. The molecule has 5 nitrogen and oxygen atoms in total. The monoisotopic (exact) mass is 342 g/mol. The molecule has 0 spiro atoms. The number of hydrogen-bond donors (Lipinski definition) is 2. The van der Waals surface area contributed by atoms with E-state index in [9.17, 15) is 4.79 Å². The number of benzene rings is 2. The summed E-state index contributed by atoms with van der Waals surface area (Å²) in [5, 5.41) is 5.94. The van der Waals surface area contributed by atoms with Gasteiger partial charge in [0.2, 0.25) is 5.91 Å². The van der Waals surface area contributed by atoms with Crippen molar-refractivity contribution in [1.82, 2.24) is 5.32 Å². The molecule has 0 aliphatic rings. The Labute approximate surface area is 149 Å². The van der Waals surface area contributed by atoms with E-state index in [4.69, 9.17) is 9.47 Å². The molecule has 134 valence electrons. The van der Waals surface area contributed by atoms with E-state index < -0.39 is 0 Å². The molecule has 0 aliphatic carbocycles. The highest BCUT2D eigenvalue weighted by atomic mass is 16.5. The number of amides is 1. The molecule has 25 heavy (non-hydrogen) atoms. The zero-order valence-corrected chi connectivity index (χ0v) is 14.8. The lowest BCUT2D eigenvalue weighted by Crippen LogP contribution is -2.28. The lowest BCUT2D eigenvalue weighted by atomic mass is 10.1. The minimum atomic E-state index is -0.0833. The first-order chi connectivity index (χ1) is 12.2. The summed E-state index contributed by atoms with van der Waals surface area (Å²) in [5.74, 6) is 0.759. The van der Waals surface area contributed by atoms with Gasteiger partial charge >= 0.3 is 0 Å². The highest BCUT2D eigenvalue weighted by Gasteiger charge is 2.11. The molecule has 0 bridgehead atoms. The predicted octanol–water partition coefficient (Wildman–Crippen LogP) is 3.08. The van der Waals surface area contributed by atoms with Crippen LogP contribution in [0.2, 0.25) is 0 Å². The Morgan fingerprint density at radius 3 is 2.64 bits per heavy atom. The van der Waals surface area contributed by atoms with Crippen LogP contribution in [0, 0.1) is 5.92 Å².